The number of hydrogen-bond donors (Lipinski definition) is 4. The summed E-state index contributed by atoms with van der Waals surface area (Å²) in [6.45, 7) is 0. The fourth-order valence-corrected chi connectivity index (χ4v) is 3.10. The molecule has 0 saturated carbocycles. The largest absolute Gasteiger partial charge is 0.338 e. The van der Waals surface area contributed by atoms with Gasteiger partial charge in [0.2, 0.25) is 0 Å². The van der Waals surface area contributed by atoms with E-state index in [-0.39, 0.29) is 11.4 Å². The Labute approximate surface area is 195 Å². The summed E-state index contributed by atoms with van der Waals surface area (Å²) >= 11 is 8.34. The number of thiol groups is 2. The predicted octanol–water partition coefficient (Wildman–Crippen LogP) is 4.09. The van der Waals surface area contributed by atoms with E-state index in [1.54, 1.807) is 72.8 Å². The zero-order chi connectivity index (χ0) is 23.1. The van der Waals surface area contributed by atoms with Crippen LogP contribution >= 0.6 is 25.6 Å². The number of carbonyl (C=O) groups excluding carboxylic acids is 4. The minimum atomic E-state index is -0.836. The van der Waals surface area contributed by atoms with Gasteiger partial charge in [0, 0.05) is 11.1 Å². The molecule has 6 amide bonds. The third-order valence-electron chi connectivity index (χ3n) is 4.24. The van der Waals surface area contributed by atoms with E-state index in [9.17, 15) is 19.2 Å². The molecule has 162 valence electrons. The lowest BCUT2D eigenvalue weighted by atomic mass is 10.2. The number of para-hydroxylation sites is 2. The number of nitrogens with zero attached hydrogens (tertiary/aromatic N) is 2. The molecule has 3 aromatic carbocycles. The Bertz CT molecular complexity index is 1050. The van der Waals surface area contributed by atoms with E-state index < -0.39 is 23.9 Å². The van der Waals surface area contributed by atoms with Gasteiger partial charge in [-0.2, -0.15) is 0 Å². The first-order chi connectivity index (χ1) is 15.4. The summed E-state index contributed by atoms with van der Waals surface area (Å²) in [4.78, 5) is 49.6. The quantitative estimate of drug-likeness (QED) is 0.435. The van der Waals surface area contributed by atoms with Gasteiger partial charge in [-0.05, 0) is 36.4 Å². The highest BCUT2D eigenvalue weighted by Crippen LogP contribution is 2.31. The molecular formula is C22H18N4O4S2. The molecule has 0 spiro atoms. The van der Waals surface area contributed by atoms with Crippen LogP contribution in [0.5, 0.6) is 0 Å². The first kappa shape index (κ1) is 22.9. The summed E-state index contributed by atoms with van der Waals surface area (Å²) < 4.78 is 1.73. The smallest absolute Gasteiger partial charge is 0.273 e. The van der Waals surface area contributed by atoms with Crippen molar-refractivity contribution in [2.75, 3.05) is 8.61 Å². The van der Waals surface area contributed by atoms with E-state index >= 15 is 0 Å². The second-order valence-corrected chi connectivity index (χ2v) is 7.16. The molecule has 3 rings (SSSR count). The van der Waals surface area contributed by atoms with Crippen LogP contribution in [-0.4, -0.2) is 23.9 Å². The van der Waals surface area contributed by atoms with E-state index in [0.717, 1.165) is 8.61 Å². The standard InChI is InChI=1S/C22H18N4O4S2/c27-19(15-9-3-1-4-10-15)23-21(29)25(31)17-13-7-8-14-18(17)26(32)22(30)24-20(28)16-11-5-2-6-12-16/h1-14,31-32H,(H,23,27,29)(H,24,28,30). The summed E-state index contributed by atoms with van der Waals surface area (Å²) in [6, 6.07) is 21.0. The maximum Gasteiger partial charge on any atom is 0.338 e. The maximum absolute atomic E-state index is 12.6. The fraction of sp³-hybridized carbons (Fsp3) is 0. The average molecular weight is 467 g/mol. The van der Waals surface area contributed by atoms with Gasteiger partial charge in [0.1, 0.15) is 0 Å². The van der Waals surface area contributed by atoms with Crippen molar-refractivity contribution in [2.45, 2.75) is 0 Å². The van der Waals surface area contributed by atoms with Crippen LogP contribution < -0.4 is 19.2 Å². The number of benzene rings is 3. The van der Waals surface area contributed by atoms with Crippen molar-refractivity contribution in [3.8, 4) is 0 Å². The fourth-order valence-electron chi connectivity index (χ4n) is 2.66. The maximum atomic E-state index is 12.6. The Kier molecular flexibility index (Phi) is 7.53. The molecule has 32 heavy (non-hydrogen) atoms. The zero-order valence-corrected chi connectivity index (χ0v) is 18.3. The van der Waals surface area contributed by atoms with Gasteiger partial charge in [0.05, 0.1) is 11.4 Å². The average Bonchev–Trinajstić information content (AvgIpc) is 2.84. The van der Waals surface area contributed by atoms with Crippen molar-refractivity contribution in [3.63, 3.8) is 0 Å². The molecule has 8 nitrogen and oxygen atoms in total. The van der Waals surface area contributed by atoms with Crippen molar-refractivity contribution >= 4 is 60.9 Å². The molecule has 0 aliphatic carbocycles. The van der Waals surface area contributed by atoms with Crippen molar-refractivity contribution in [3.05, 3.63) is 96.1 Å². The molecule has 0 aliphatic heterocycles. The SMILES string of the molecule is O=C(NC(=O)N(S)c1ccccc1N(S)C(=O)NC(=O)c1ccccc1)c1ccccc1. The van der Waals surface area contributed by atoms with Crippen molar-refractivity contribution < 1.29 is 19.2 Å². The summed E-state index contributed by atoms with van der Waals surface area (Å²) in [5.74, 6) is -1.22. The van der Waals surface area contributed by atoms with Gasteiger partial charge in [-0.15, -0.1) is 0 Å². The first-order valence-electron chi connectivity index (χ1n) is 9.26. The molecule has 0 heterocycles. The lowest BCUT2D eigenvalue weighted by molar-refractivity contribution is 0.0956. The number of urea groups is 2. The molecule has 0 radical (unpaired) electrons. The number of amides is 6. The second kappa shape index (κ2) is 10.5. The molecule has 0 bridgehead atoms. The highest BCUT2D eigenvalue weighted by atomic mass is 32.1. The van der Waals surface area contributed by atoms with Crippen LogP contribution in [0.4, 0.5) is 21.0 Å². The highest BCUT2D eigenvalue weighted by molar-refractivity contribution is 7.83. The van der Waals surface area contributed by atoms with Crippen LogP contribution in [0.1, 0.15) is 20.7 Å². The predicted molar refractivity (Wildman–Crippen MR) is 128 cm³/mol. The van der Waals surface area contributed by atoms with Crippen molar-refractivity contribution in [1.29, 1.82) is 0 Å². The van der Waals surface area contributed by atoms with Gasteiger partial charge in [-0.3, -0.25) is 20.2 Å². The van der Waals surface area contributed by atoms with Crippen molar-refractivity contribution in [2.24, 2.45) is 0 Å². The molecule has 0 atom stereocenters. The molecule has 0 fully saturated rings. The normalized spacial score (nSPS) is 10.1. The lowest BCUT2D eigenvalue weighted by Crippen LogP contribution is -2.40. The monoisotopic (exact) mass is 466 g/mol. The Hall–Kier alpha value is -3.76. The second-order valence-electron chi connectivity index (χ2n) is 6.36. The van der Waals surface area contributed by atoms with E-state index in [0.29, 0.717) is 11.1 Å². The van der Waals surface area contributed by atoms with Gasteiger partial charge >= 0.3 is 12.1 Å². The van der Waals surface area contributed by atoms with E-state index in [1.807, 2.05) is 0 Å². The number of nitrogens with one attached hydrogen (secondary N) is 2. The molecular weight excluding hydrogens is 448 g/mol. The summed E-state index contributed by atoms with van der Waals surface area (Å²) in [5.41, 5.74) is 0.911. The minimum absolute atomic E-state index is 0.159. The van der Waals surface area contributed by atoms with Crippen LogP contribution in [0.15, 0.2) is 84.9 Å². The van der Waals surface area contributed by atoms with E-state index in [1.165, 1.54) is 12.1 Å². The lowest BCUT2D eigenvalue weighted by Gasteiger charge is -2.23. The van der Waals surface area contributed by atoms with Gasteiger partial charge in [0.25, 0.3) is 11.8 Å². The molecule has 0 aromatic heterocycles. The molecule has 0 saturated heterocycles. The number of carbonyl (C=O) groups is 4. The Morgan fingerprint density at radius 2 is 0.844 bits per heavy atom. The summed E-state index contributed by atoms with van der Waals surface area (Å²) in [5, 5.41) is 4.43. The highest BCUT2D eigenvalue weighted by Gasteiger charge is 2.24. The van der Waals surface area contributed by atoms with E-state index in [2.05, 4.69) is 36.3 Å². The third kappa shape index (κ3) is 5.48. The Balaban J connectivity index is 1.74. The van der Waals surface area contributed by atoms with Crippen LogP contribution in [0.25, 0.3) is 0 Å². The number of imide groups is 2. The van der Waals surface area contributed by atoms with Gasteiger partial charge < -0.3 is 0 Å². The first-order valence-corrected chi connectivity index (χ1v) is 10.1. The Morgan fingerprint density at radius 1 is 0.531 bits per heavy atom. The molecule has 0 unspecified atom stereocenters. The third-order valence-corrected chi connectivity index (χ3v) is 5.03. The Morgan fingerprint density at radius 3 is 1.19 bits per heavy atom. The molecule has 2 N–H and O–H groups in total. The van der Waals surface area contributed by atoms with Crippen LogP contribution in [-0.2, 0) is 0 Å². The minimum Gasteiger partial charge on any atom is -0.273 e. The molecule has 10 heteroatoms. The van der Waals surface area contributed by atoms with Gasteiger partial charge in [0.15, 0.2) is 0 Å². The number of anilines is 2. The summed E-state index contributed by atoms with van der Waals surface area (Å²) in [7, 11) is 0. The van der Waals surface area contributed by atoms with Crippen molar-refractivity contribution in [1.82, 2.24) is 10.6 Å². The van der Waals surface area contributed by atoms with Gasteiger partial charge in [-0.1, -0.05) is 74.2 Å². The molecule has 0 aliphatic rings. The number of rotatable bonds is 4. The van der Waals surface area contributed by atoms with Gasteiger partial charge in [-0.25, -0.2) is 18.2 Å². The van der Waals surface area contributed by atoms with Crippen LogP contribution in [0.3, 0.4) is 0 Å². The zero-order valence-electron chi connectivity index (χ0n) is 16.5. The van der Waals surface area contributed by atoms with Crippen LogP contribution in [0.2, 0.25) is 0 Å². The summed E-state index contributed by atoms with van der Waals surface area (Å²) in [6.07, 6.45) is 0. The number of hydrogen-bond acceptors (Lipinski definition) is 6. The molecule has 3 aromatic rings. The van der Waals surface area contributed by atoms with Crippen LogP contribution in [0, 0.1) is 0 Å². The van der Waals surface area contributed by atoms with E-state index in [4.69, 9.17) is 0 Å². The topological polar surface area (TPSA) is 98.8 Å².